The van der Waals surface area contributed by atoms with Gasteiger partial charge >= 0.3 is 0 Å². The van der Waals surface area contributed by atoms with Gasteiger partial charge in [0.15, 0.2) is 11.5 Å². The van der Waals surface area contributed by atoms with Crippen molar-refractivity contribution in [3.63, 3.8) is 0 Å². The second-order valence-electron chi connectivity index (χ2n) is 7.85. The van der Waals surface area contributed by atoms with Crippen molar-refractivity contribution in [3.05, 3.63) is 111 Å². The molecule has 1 N–H and O–H groups in total. The average Bonchev–Trinajstić information content (AvgIpc) is 2.91. The molecule has 8 nitrogen and oxygen atoms in total. The number of hydrogen-bond donors (Lipinski definition) is 1. The minimum Gasteiger partial charge on any atom is -0.493 e. The summed E-state index contributed by atoms with van der Waals surface area (Å²) in [5, 5.41) is 25.4. The Morgan fingerprint density at radius 3 is 2.62 bits per heavy atom. The summed E-state index contributed by atoms with van der Waals surface area (Å²) in [6.07, 6.45) is 1.38. The molecule has 0 saturated heterocycles. The number of carbonyl (C=O) groups excluding carboxylic acids is 1. The van der Waals surface area contributed by atoms with Crippen molar-refractivity contribution in [2.45, 2.75) is 6.61 Å². The molecule has 0 saturated carbocycles. The summed E-state index contributed by atoms with van der Waals surface area (Å²) < 4.78 is 11.6. The highest BCUT2D eigenvalue weighted by molar-refractivity contribution is 6.32. The standard InChI is InChI=1S/C28H20ClN3O5/c1-36-26-11-5-8-19(27(26)37-17-20-9-4-7-18-6-2-3-10-23(18)20)14-21(16-30)28(33)31-22-12-13-24(29)25(15-22)32(34)35/h2-15H,17H2,1H3,(H,31,33)/b21-14+. The minimum atomic E-state index is -0.748. The number of nitro benzene ring substituents is 1. The Balaban J connectivity index is 1.63. The monoisotopic (exact) mass is 513 g/mol. The van der Waals surface area contributed by atoms with Crippen LogP contribution in [0.2, 0.25) is 5.02 Å². The first kappa shape index (κ1) is 25.2. The zero-order valence-corrected chi connectivity index (χ0v) is 20.4. The molecule has 0 unspecified atom stereocenters. The van der Waals surface area contributed by atoms with E-state index in [4.69, 9.17) is 21.1 Å². The number of anilines is 1. The number of nitriles is 1. The van der Waals surface area contributed by atoms with E-state index in [1.807, 2.05) is 48.5 Å². The lowest BCUT2D eigenvalue weighted by Crippen LogP contribution is -2.13. The normalized spacial score (nSPS) is 11.0. The quantitative estimate of drug-likeness (QED) is 0.124. The van der Waals surface area contributed by atoms with Gasteiger partial charge in [-0.25, -0.2) is 0 Å². The van der Waals surface area contributed by atoms with E-state index in [2.05, 4.69) is 5.32 Å². The molecule has 0 spiro atoms. The number of nitro groups is 1. The highest BCUT2D eigenvalue weighted by Crippen LogP contribution is 2.34. The van der Waals surface area contributed by atoms with Crippen LogP contribution in [0.5, 0.6) is 11.5 Å². The Morgan fingerprint density at radius 1 is 1.11 bits per heavy atom. The van der Waals surface area contributed by atoms with Crippen LogP contribution in [0.25, 0.3) is 16.8 Å². The molecule has 9 heteroatoms. The van der Waals surface area contributed by atoms with Crippen LogP contribution in [0.3, 0.4) is 0 Å². The fourth-order valence-corrected chi connectivity index (χ4v) is 3.95. The fraction of sp³-hybridized carbons (Fsp3) is 0.0714. The largest absolute Gasteiger partial charge is 0.493 e. The molecule has 0 atom stereocenters. The van der Waals surface area contributed by atoms with E-state index >= 15 is 0 Å². The summed E-state index contributed by atoms with van der Waals surface area (Å²) in [4.78, 5) is 23.3. The van der Waals surface area contributed by atoms with E-state index in [1.54, 1.807) is 18.2 Å². The summed E-state index contributed by atoms with van der Waals surface area (Å²) >= 11 is 5.83. The van der Waals surface area contributed by atoms with Crippen LogP contribution in [0.15, 0.2) is 84.4 Å². The molecule has 37 heavy (non-hydrogen) atoms. The maximum Gasteiger partial charge on any atom is 0.289 e. The minimum absolute atomic E-state index is 0.0663. The van der Waals surface area contributed by atoms with Crippen LogP contribution in [0.1, 0.15) is 11.1 Å². The van der Waals surface area contributed by atoms with E-state index in [9.17, 15) is 20.2 Å². The number of methoxy groups -OCH3 is 1. The van der Waals surface area contributed by atoms with Crippen LogP contribution in [0.4, 0.5) is 11.4 Å². The number of fused-ring (bicyclic) bond motifs is 1. The summed E-state index contributed by atoms with van der Waals surface area (Å²) in [6, 6.07) is 24.7. The average molecular weight is 514 g/mol. The lowest BCUT2D eigenvalue weighted by atomic mass is 10.1. The molecule has 4 aromatic rings. The maximum absolute atomic E-state index is 12.8. The third-order valence-electron chi connectivity index (χ3n) is 5.55. The predicted octanol–water partition coefficient (Wildman–Crippen LogP) is 6.53. The molecule has 0 fully saturated rings. The van der Waals surface area contributed by atoms with Crippen LogP contribution >= 0.6 is 11.6 Å². The third kappa shape index (κ3) is 5.69. The number of rotatable bonds is 8. The number of ether oxygens (including phenoxy) is 2. The van der Waals surface area contributed by atoms with Gasteiger partial charge in [0.2, 0.25) is 0 Å². The van der Waals surface area contributed by atoms with Gasteiger partial charge in [0.1, 0.15) is 23.3 Å². The fourth-order valence-electron chi connectivity index (χ4n) is 3.76. The zero-order valence-electron chi connectivity index (χ0n) is 19.6. The molecule has 0 aliphatic heterocycles. The van der Waals surface area contributed by atoms with Gasteiger partial charge in [-0.3, -0.25) is 14.9 Å². The number of nitrogens with zero attached hydrogens (tertiary/aromatic N) is 2. The van der Waals surface area contributed by atoms with E-state index in [0.29, 0.717) is 17.1 Å². The SMILES string of the molecule is COc1cccc(/C=C(\C#N)C(=O)Nc2ccc(Cl)c([N+](=O)[O-])c2)c1OCc1cccc2ccccc12. The Bertz CT molecular complexity index is 1570. The van der Waals surface area contributed by atoms with Crippen LogP contribution < -0.4 is 14.8 Å². The summed E-state index contributed by atoms with van der Waals surface area (Å²) in [5.41, 5.74) is 0.940. The molecule has 184 valence electrons. The molecule has 0 heterocycles. The van der Waals surface area contributed by atoms with E-state index in [1.165, 1.54) is 25.3 Å². The Labute approximate surface area is 217 Å². The molecule has 4 aromatic carbocycles. The van der Waals surface area contributed by atoms with Gasteiger partial charge in [-0.15, -0.1) is 0 Å². The summed E-state index contributed by atoms with van der Waals surface area (Å²) in [7, 11) is 1.50. The van der Waals surface area contributed by atoms with Gasteiger partial charge in [0.25, 0.3) is 11.6 Å². The van der Waals surface area contributed by atoms with Gasteiger partial charge < -0.3 is 14.8 Å². The number of hydrogen-bond acceptors (Lipinski definition) is 6. The number of amides is 1. The van der Waals surface area contributed by atoms with Gasteiger partial charge in [-0.2, -0.15) is 5.26 Å². The molecule has 0 aromatic heterocycles. The lowest BCUT2D eigenvalue weighted by Gasteiger charge is -2.15. The Morgan fingerprint density at radius 2 is 1.86 bits per heavy atom. The van der Waals surface area contributed by atoms with Crippen molar-refractivity contribution >= 4 is 45.7 Å². The van der Waals surface area contributed by atoms with E-state index in [-0.39, 0.29) is 28.6 Å². The molecular weight excluding hydrogens is 494 g/mol. The second-order valence-corrected chi connectivity index (χ2v) is 8.26. The van der Waals surface area contributed by atoms with Crippen molar-refractivity contribution in [3.8, 4) is 17.6 Å². The molecule has 4 rings (SSSR count). The molecular formula is C28H20ClN3O5. The van der Waals surface area contributed by atoms with Gasteiger partial charge in [-0.1, -0.05) is 66.2 Å². The van der Waals surface area contributed by atoms with Gasteiger partial charge in [0, 0.05) is 17.3 Å². The van der Waals surface area contributed by atoms with Crippen LogP contribution in [-0.2, 0) is 11.4 Å². The van der Waals surface area contributed by atoms with E-state index in [0.717, 1.165) is 22.4 Å². The number of halogens is 1. The van der Waals surface area contributed by atoms with Crippen molar-refractivity contribution in [2.75, 3.05) is 12.4 Å². The van der Waals surface area contributed by atoms with Crippen LogP contribution in [-0.4, -0.2) is 17.9 Å². The maximum atomic E-state index is 12.8. The molecule has 0 radical (unpaired) electrons. The Hall–Kier alpha value is -4.87. The molecule has 0 aliphatic rings. The summed E-state index contributed by atoms with van der Waals surface area (Å²) in [5.74, 6) is 0.0440. The third-order valence-corrected chi connectivity index (χ3v) is 5.87. The molecule has 0 aliphatic carbocycles. The smallest absolute Gasteiger partial charge is 0.289 e. The second kappa shape index (κ2) is 11.2. The van der Waals surface area contributed by atoms with Crippen molar-refractivity contribution in [2.24, 2.45) is 0 Å². The molecule has 1 amide bonds. The molecule has 0 bridgehead atoms. The number of nitrogens with one attached hydrogen (secondary N) is 1. The highest BCUT2D eigenvalue weighted by atomic mass is 35.5. The lowest BCUT2D eigenvalue weighted by molar-refractivity contribution is -0.384. The van der Waals surface area contributed by atoms with Crippen molar-refractivity contribution in [1.29, 1.82) is 5.26 Å². The Kier molecular flexibility index (Phi) is 7.67. The number of para-hydroxylation sites is 1. The van der Waals surface area contributed by atoms with Crippen molar-refractivity contribution in [1.82, 2.24) is 0 Å². The van der Waals surface area contributed by atoms with Gasteiger partial charge in [-0.05, 0) is 40.6 Å². The first-order valence-electron chi connectivity index (χ1n) is 11.0. The first-order chi connectivity index (χ1) is 17.9. The summed E-state index contributed by atoms with van der Waals surface area (Å²) in [6.45, 7) is 0.227. The topological polar surface area (TPSA) is 114 Å². The van der Waals surface area contributed by atoms with Gasteiger partial charge in [0.05, 0.1) is 12.0 Å². The van der Waals surface area contributed by atoms with Crippen LogP contribution in [0, 0.1) is 21.4 Å². The zero-order chi connectivity index (χ0) is 26.4. The number of carbonyl (C=O) groups is 1. The first-order valence-corrected chi connectivity index (χ1v) is 11.4. The van der Waals surface area contributed by atoms with E-state index < -0.39 is 10.8 Å². The van der Waals surface area contributed by atoms with Crippen molar-refractivity contribution < 1.29 is 19.2 Å². The predicted molar refractivity (Wildman–Crippen MR) is 142 cm³/mol. The number of benzene rings is 4. The highest BCUT2D eigenvalue weighted by Gasteiger charge is 2.17.